The van der Waals surface area contributed by atoms with E-state index in [0.717, 1.165) is 0 Å². The first-order valence-corrected chi connectivity index (χ1v) is 6.30. The van der Waals surface area contributed by atoms with Crippen molar-refractivity contribution in [2.75, 3.05) is 5.75 Å². The number of rotatable bonds is 4. The lowest BCUT2D eigenvalue weighted by Gasteiger charge is -2.21. The molecule has 0 heterocycles. The Balaban J connectivity index is 4.12. The van der Waals surface area contributed by atoms with Crippen LogP contribution in [0, 0.1) is 5.92 Å². The van der Waals surface area contributed by atoms with Crippen LogP contribution in [0.4, 0.5) is 0 Å². The number of carbonyl (C=O) groups is 1. The average molecular weight is 238 g/mol. The van der Waals surface area contributed by atoms with Crippen molar-refractivity contribution in [2.45, 2.75) is 39.7 Å². The van der Waals surface area contributed by atoms with E-state index in [-0.39, 0.29) is 6.42 Å². The van der Waals surface area contributed by atoms with Crippen molar-refractivity contribution >= 4 is 16.1 Å². The zero-order chi connectivity index (χ0) is 12.3. The van der Waals surface area contributed by atoms with Gasteiger partial charge >= 0.3 is 5.97 Å². The summed E-state index contributed by atoms with van der Waals surface area (Å²) in [5.41, 5.74) is -0.580. The van der Waals surface area contributed by atoms with Gasteiger partial charge in [0.2, 0.25) is 0 Å². The fourth-order valence-corrected chi connectivity index (χ4v) is 1.50. The second kappa shape index (κ2) is 4.94. The van der Waals surface area contributed by atoms with Gasteiger partial charge in [-0.15, -0.1) is 0 Å². The maximum atomic E-state index is 11.4. The Morgan fingerprint density at radius 3 is 2.20 bits per heavy atom. The molecule has 0 fully saturated rings. The van der Waals surface area contributed by atoms with Crippen LogP contribution in [0.15, 0.2) is 0 Å². The van der Waals surface area contributed by atoms with Gasteiger partial charge in [-0.2, -0.15) is 8.42 Å². The first-order chi connectivity index (χ1) is 6.51. The molecule has 0 aromatic heterocycles. The minimum atomic E-state index is -4.00. The van der Waals surface area contributed by atoms with Crippen molar-refractivity contribution in [3.05, 3.63) is 0 Å². The summed E-state index contributed by atoms with van der Waals surface area (Å²) in [6, 6.07) is 0. The fraction of sp³-hybridized carbons (Fsp3) is 0.889. The fourth-order valence-electron chi connectivity index (χ4n) is 0.846. The molecule has 6 heteroatoms. The van der Waals surface area contributed by atoms with Gasteiger partial charge in [0, 0.05) is 0 Å². The highest BCUT2D eigenvalue weighted by molar-refractivity contribution is 7.85. The van der Waals surface area contributed by atoms with Gasteiger partial charge in [0.05, 0.1) is 11.7 Å². The maximum Gasteiger partial charge on any atom is 0.309 e. The molecule has 0 bridgehead atoms. The lowest BCUT2D eigenvalue weighted by atomic mass is 10.1. The van der Waals surface area contributed by atoms with Crippen LogP contribution in [-0.2, 0) is 19.6 Å². The topological polar surface area (TPSA) is 80.7 Å². The minimum Gasteiger partial charge on any atom is -0.460 e. The molecule has 0 saturated heterocycles. The van der Waals surface area contributed by atoms with E-state index in [1.54, 1.807) is 27.7 Å². The lowest BCUT2D eigenvalue weighted by molar-refractivity contribution is -0.159. The Labute approximate surface area is 90.6 Å². The highest BCUT2D eigenvalue weighted by Gasteiger charge is 2.22. The summed E-state index contributed by atoms with van der Waals surface area (Å²) in [6.07, 6.45) is 0.0632. The Morgan fingerprint density at radius 1 is 1.40 bits per heavy atom. The van der Waals surface area contributed by atoms with Crippen molar-refractivity contribution in [1.82, 2.24) is 0 Å². The highest BCUT2D eigenvalue weighted by atomic mass is 32.2. The molecule has 1 atom stereocenters. The first kappa shape index (κ1) is 14.4. The van der Waals surface area contributed by atoms with E-state index in [0.29, 0.717) is 0 Å². The molecule has 0 radical (unpaired) electrons. The Kier molecular flexibility index (Phi) is 4.73. The predicted molar refractivity (Wildman–Crippen MR) is 56.0 cm³/mol. The van der Waals surface area contributed by atoms with Crippen LogP contribution < -0.4 is 0 Å². The van der Waals surface area contributed by atoms with Crippen LogP contribution in [-0.4, -0.2) is 30.3 Å². The van der Waals surface area contributed by atoms with Gasteiger partial charge < -0.3 is 4.74 Å². The molecular weight excluding hydrogens is 220 g/mol. The largest absolute Gasteiger partial charge is 0.460 e. The van der Waals surface area contributed by atoms with E-state index < -0.39 is 33.4 Å². The van der Waals surface area contributed by atoms with Crippen LogP contribution >= 0.6 is 0 Å². The van der Waals surface area contributed by atoms with E-state index in [9.17, 15) is 13.2 Å². The van der Waals surface area contributed by atoms with Gasteiger partial charge in [-0.3, -0.25) is 9.35 Å². The second-order valence-corrected chi connectivity index (χ2v) is 6.08. The molecule has 0 rings (SSSR count). The average Bonchev–Trinajstić information content (AvgIpc) is 1.95. The van der Waals surface area contributed by atoms with Gasteiger partial charge in [0.15, 0.2) is 0 Å². The number of ether oxygens (including phenoxy) is 1. The molecular formula is C9H18O5S. The van der Waals surface area contributed by atoms with E-state index in [4.69, 9.17) is 9.29 Å². The molecule has 1 N–H and O–H groups in total. The van der Waals surface area contributed by atoms with Gasteiger partial charge in [0.1, 0.15) is 5.60 Å². The molecule has 0 amide bonds. The number of esters is 1. The predicted octanol–water partition coefficient (Wildman–Crippen LogP) is 1.24. The van der Waals surface area contributed by atoms with Gasteiger partial charge in [-0.1, -0.05) is 6.92 Å². The molecule has 90 valence electrons. The second-order valence-electron chi connectivity index (χ2n) is 4.51. The van der Waals surface area contributed by atoms with Crippen LogP contribution in [0.5, 0.6) is 0 Å². The quantitative estimate of drug-likeness (QED) is 0.588. The Morgan fingerprint density at radius 2 is 1.87 bits per heavy atom. The molecule has 0 spiro atoms. The zero-order valence-electron chi connectivity index (χ0n) is 9.48. The normalized spacial score (nSPS) is 14.7. The summed E-state index contributed by atoms with van der Waals surface area (Å²) in [5.74, 6) is -1.41. The summed E-state index contributed by atoms with van der Waals surface area (Å²) < 4.78 is 34.4. The van der Waals surface area contributed by atoms with Crippen LogP contribution in [0.3, 0.4) is 0 Å². The first-order valence-electron chi connectivity index (χ1n) is 4.69. The smallest absolute Gasteiger partial charge is 0.309 e. The number of hydrogen-bond acceptors (Lipinski definition) is 4. The van der Waals surface area contributed by atoms with Crippen molar-refractivity contribution in [3.8, 4) is 0 Å². The summed E-state index contributed by atoms with van der Waals surface area (Å²) >= 11 is 0. The third kappa shape index (κ3) is 8.38. The monoisotopic (exact) mass is 238 g/mol. The zero-order valence-corrected chi connectivity index (χ0v) is 10.3. The molecule has 0 aliphatic carbocycles. The SMILES string of the molecule is CC(CCS(=O)(=O)O)C(=O)OC(C)(C)C. The van der Waals surface area contributed by atoms with Crippen LogP contribution in [0.2, 0.25) is 0 Å². The summed E-state index contributed by atoms with van der Waals surface area (Å²) in [5, 5.41) is 0. The van der Waals surface area contributed by atoms with Crippen molar-refractivity contribution in [1.29, 1.82) is 0 Å². The molecule has 15 heavy (non-hydrogen) atoms. The third-order valence-corrected chi connectivity index (χ3v) is 2.37. The van der Waals surface area contributed by atoms with Crippen molar-refractivity contribution in [3.63, 3.8) is 0 Å². The molecule has 5 nitrogen and oxygen atoms in total. The van der Waals surface area contributed by atoms with Gasteiger partial charge in [-0.05, 0) is 27.2 Å². The minimum absolute atomic E-state index is 0.0632. The third-order valence-electron chi connectivity index (χ3n) is 1.62. The van der Waals surface area contributed by atoms with E-state index in [1.807, 2.05) is 0 Å². The van der Waals surface area contributed by atoms with Crippen molar-refractivity contribution in [2.24, 2.45) is 5.92 Å². The number of hydrogen-bond donors (Lipinski definition) is 1. The Hall–Kier alpha value is -0.620. The molecule has 0 aromatic carbocycles. The van der Waals surface area contributed by atoms with Gasteiger partial charge in [0.25, 0.3) is 10.1 Å². The summed E-state index contributed by atoms with van der Waals surface area (Å²) in [6.45, 7) is 6.78. The molecule has 0 saturated carbocycles. The van der Waals surface area contributed by atoms with Crippen LogP contribution in [0.25, 0.3) is 0 Å². The number of carbonyl (C=O) groups excluding carboxylic acids is 1. The Bertz CT molecular complexity index is 312. The summed E-state index contributed by atoms with van der Waals surface area (Å²) in [4.78, 5) is 11.4. The van der Waals surface area contributed by atoms with Gasteiger partial charge in [-0.25, -0.2) is 0 Å². The molecule has 1 unspecified atom stereocenters. The summed E-state index contributed by atoms with van der Waals surface area (Å²) in [7, 11) is -4.00. The van der Waals surface area contributed by atoms with E-state index >= 15 is 0 Å². The van der Waals surface area contributed by atoms with E-state index in [2.05, 4.69) is 0 Å². The van der Waals surface area contributed by atoms with E-state index in [1.165, 1.54) is 0 Å². The lowest BCUT2D eigenvalue weighted by Crippen LogP contribution is -2.28. The maximum absolute atomic E-state index is 11.4. The highest BCUT2D eigenvalue weighted by Crippen LogP contribution is 2.13. The molecule has 0 aliphatic heterocycles. The standard InChI is InChI=1S/C9H18O5S/c1-7(5-6-15(11,12)13)8(10)14-9(2,3)4/h7H,5-6H2,1-4H3,(H,11,12,13). The van der Waals surface area contributed by atoms with Crippen LogP contribution in [0.1, 0.15) is 34.1 Å². The van der Waals surface area contributed by atoms with Crippen molar-refractivity contribution < 1.29 is 22.5 Å². The molecule has 0 aliphatic rings. The molecule has 0 aromatic rings.